The molecule has 1 atom stereocenters. The number of carbonyl (C=O) groups excluding carboxylic acids is 1. The van der Waals surface area contributed by atoms with Gasteiger partial charge in [-0.05, 0) is 48.7 Å². The van der Waals surface area contributed by atoms with Crippen LogP contribution in [0.4, 0.5) is 11.4 Å². The van der Waals surface area contributed by atoms with Gasteiger partial charge < -0.3 is 19.8 Å². The van der Waals surface area contributed by atoms with E-state index >= 15 is 0 Å². The van der Waals surface area contributed by atoms with Crippen molar-refractivity contribution in [2.75, 3.05) is 17.2 Å². The number of benzene rings is 3. The average Bonchev–Trinajstić information content (AvgIpc) is 3.27. The highest BCUT2D eigenvalue weighted by atomic mass is 16.3. The lowest BCUT2D eigenvalue weighted by Crippen LogP contribution is -2.43. The Morgan fingerprint density at radius 2 is 1.81 bits per heavy atom. The summed E-state index contributed by atoms with van der Waals surface area (Å²) in [6.07, 6.45) is 4.36. The van der Waals surface area contributed by atoms with E-state index in [1.54, 1.807) is 12.4 Å². The van der Waals surface area contributed by atoms with Gasteiger partial charge in [0.1, 0.15) is 17.3 Å². The number of rotatable bonds is 7. The third-order valence-corrected chi connectivity index (χ3v) is 5.44. The molecule has 2 aromatic heterocycles. The van der Waals surface area contributed by atoms with E-state index in [0.29, 0.717) is 18.0 Å². The molecule has 5 aromatic rings. The normalized spacial score (nSPS) is 13.0. The number of carbonyl (C=O) groups is 1. The summed E-state index contributed by atoms with van der Waals surface area (Å²) in [6, 6.07) is 23.6. The van der Waals surface area contributed by atoms with Crippen LogP contribution in [0.5, 0.6) is 0 Å². The Labute approximate surface area is 185 Å². The first-order valence-electron chi connectivity index (χ1n) is 10.4. The maximum Gasteiger partial charge on any atom is 0.227 e. The van der Waals surface area contributed by atoms with Crippen molar-refractivity contribution >= 4 is 39.5 Å². The molecule has 6 heteroatoms. The number of hydrogen-bond donors (Lipinski definition) is 2. The molecule has 2 heterocycles. The predicted molar refractivity (Wildman–Crippen MR) is 128 cm³/mol. The second-order valence-corrected chi connectivity index (χ2v) is 7.98. The van der Waals surface area contributed by atoms with E-state index in [1.807, 2.05) is 61.5 Å². The Morgan fingerprint density at radius 1 is 1.00 bits per heavy atom. The summed E-state index contributed by atoms with van der Waals surface area (Å²) < 4.78 is 5.86. The standard InChI is InChI=1S/C26H22N4O2/c1-26(17-31,30-22-8-4-6-18-5-2-3-7-21(18)22)16-28-20-9-10-24-23(15-20)29-25(32-24)19-11-13-27-14-12-19/h2-15,17,28,30H,16H2,1H3. The number of nitrogens with one attached hydrogen (secondary N) is 2. The van der Waals surface area contributed by atoms with E-state index in [1.165, 1.54) is 0 Å². The van der Waals surface area contributed by atoms with Crippen LogP contribution in [-0.4, -0.2) is 28.3 Å². The number of fused-ring (bicyclic) bond motifs is 2. The van der Waals surface area contributed by atoms with Gasteiger partial charge in [0.15, 0.2) is 5.58 Å². The number of hydrogen-bond acceptors (Lipinski definition) is 6. The fraction of sp³-hybridized carbons (Fsp3) is 0.115. The molecule has 0 aliphatic heterocycles. The molecule has 0 spiro atoms. The van der Waals surface area contributed by atoms with Gasteiger partial charge in [-0.15, -0.1) is 0 Å². The Kier molecular flexibility index (Phi) is 5.03. The summed E-state index contributed by atoms with van der Waals surface area (Å²) in [7, 11) is 0. The van der Waals surface area contributed by atoms with Gasteiger partial charge in [0.05, 0.1) is 0 Å². The molecule has 0 radical (unpaired) electrons. The van der Waals surface area contributed by atoms with Crippen molar-refractivity contribution in [2.24, 2.45) is 0 Å². The van der Waals surface area contributed by atoms with Crippen LogP contribution in [0, 0.1) is 0 Å². The number of aldehydes is 1. The number of nitrogens with zero attached hydrogens (tertiary/aromatic N) is 2. The van der Waals surface area contributed by atoms with Crippen molar-refractivity contribution < 1.29 is 9.21 Å². The highest BCUT2D eigenvalue weighted by Crippen LogP contribution is 2.28. The highest BCUT2D eigenvalue weighted by molar-refractivity contribution is 5.95. The maximum atomic E-state index is 12.0. The molecule has 0 aliphatic rings. The predicted octanol–water partition coefficient (Wildman–Crippen LogP) is 5.52. The van der Waals surface area contributed by atoms with Crippen LogP contribution in [0.15, 0.2) is 89.6 Å². The number of anilines is 2. The number of pyridine rings is 1. The number of aromatic nitrogens is 2. The van der Waals surface area contributed by atoms with Gasteiger partial charge in [-0.2, -0.15) is 0 Å². The van der Waals surface area contributed by atoms with E-state index < -0.39 is 5.54 Å². The number of oxazole rings is 1. The first kappa shape index (κ1) is 19.8. The molecule has 0 saturated carbocycles. The Balaban J connectivity index is 1.35. The molecule has 6 nitrogen and oxygen atoms in total. The molecule has 2 N–H and O–H groups in total. The summed E-state index contributed by atoms with van der Waals surface area (Å²) in [5.74, 6) is 0.551. The third kappa shape index (κ3) is 3.90. The van der Waals surface area contributed by atoms with Crippen LogP contribution in [0.3, 0.4) is 0 Å². The van der Waals surface area contributed by atoms with Crippen LogP contribution < -0.4 is 10.6 Å². The lowest BCUT2D eigenvalue weighted by molar-refractivity contribution is -0.110. The molecule has 0 fully saturated rings. The fourth-order valence-corrected chi connectivity index (χ4v) is 3.70. The van der Waals surface area contributed by atoms with Gasteiger partial charge in [-0.1, -0.05) is 36.4 Å². The molecular formula is C26H22N4O2. The van der Waals surface area contributed by atoms with E-state index in [9.17, 15) is 4.79 Å². The summed E-state index contributed by atoms with van der Waals surface area (Å²) in [5, 5.41) is 8.98. The van der Waals surface area contributed by atoms with Crippen molar-refractivity contribution in [3.05, 3.63) is 85.2 Å². The van der Waals surface area contributed by atoms with Crippen molar-refractivity contribution in [2.45, 2.75) is 12.5 Å². The molecule has 5 rings (SSSR count). The molecule has 0 saturated heterocycles. The molecule has 0 aliphatic carbocycles. The minimum atomic E-state index is -0.800. The van der Waals surface area contributed by atoms with Crippen molar-refractivity contribution in [1.82, 2.24) is 9.97 Å². The largest absolute Gasteiger partial charge is 0.436 e. The third-order valence-electron chi connectivity index (χ3n) is 5.44. The Hall–Kier alpha value is -4.19. The van der Waals surface area contributed by atoms with Gasteiger partial charge >= 0.3 is 0 Å². The van der Waals surface area contributed by atoms with E-state index in [-0.39, 0.29) is 0 Å². The zero-order valence-electron chi connectivity index (χ0n) is 17.6. The monoisotopic (exact) mass is 422 g/mol. The topological polar surface area (TPSA) is 80.1 Å². The average molecular weight is 422 g/mol. The molecule has 158 valence electrons. The van der Waals surface area contributed by atoms with Gasteiger partial charge in [0, 0.05) is 41.3 Å². The van der Waals surface area contributed by atoms with Crippen LogP contribution in [0.2, 0.25) is 0 Å². The minimum absolute atomic E-state index is 0.403. The molecular weight excluding hydrogens is 400 g/mol. The Bertz CT molecular complexity index is 1390. The highest BCUT2D eigenvalue weighted by Gasteiger charge is 2.24. The minimum Gasteiger partial charge on any atom is -0.436 e. The lowest BCUT2D eigenvalue weighted by atomic mass is 10.0. The van der Waals surface area contributed by atoms with Gasteiger partial charge in [-0.25, -0.2) is 4.98 Å². The zero-order chi connectivity index (χ0) is 22.0. The van der Waals surface area contributed by atoms with E-state index in [0.717, 1.165) is 39.5 Å². The van der Waals surface area contributed by atoms with E-state index in [4.69, 9.17) is 4.42 Å². The molecule has 1 unspecified atom stereocenters. The Morgan fingerprint density at radius 3 is 2.66 bits per heavy atom. The first-order chi connectivity index (χ1) is 15.6. The van der Waals surface area contributed by atoms with Crippen LogP contribution in [0.25, 0.3) is 33.3 Å². The van der Waals surface area contributed by atoms with Crippen LogP contribution >= 0.6 is 0 Å². The first-order valence-corrected chi connectivity index (χ1v) is 10.4. The maximum absolute atomic E-state index is 12.0. The van der Waals surface area contributed by atoms with Gasteiger partial charge in [0.2, 0.25) is 5.89 Å². The second-order valence-electron chi connectivity index (χ2n) is 7.98. The quantitative estimate of drug-likeness (QED) is 0.336. The molecule has 32 heavy (non-hydrogen) atoms. The van der Waals surface area contributed by atoms with Gasteiger partial charge in [0.25, 0.3) is 0 Å². The van der Waals surface area contributed by atoms with Crippen molar-refractivity contribution in [3.63, 3.8) is 0 Å². The molecule has 0 bridgehead atoms. The lowest BCUT2D eigenvalue weighted by Gasteiger charge is -2.27. The van der Waals surface area contributed by atoms with Crippen LogP contribution in [0.1, 0.15) is 6.92 Å². The summed E-state index contributed by atoms with van der Waals surface area (Å²) in [4.78, 5) is 20.6. The molecule has 3 aromatic carbocycles. The van der Waals surface area contributed by atoms with Crippen molar-refractivity contribution in [1.29, 1.82) is 0 Å². The summed E-state index contributed by atoms with van der Waals surface area (Å²) in [5.41, 5.74) is 3.31. The summed E-state index contributed by atoms with van der Waals surface area (Å²) in [6.45, 7) is 2.28. The SMILES string of the molecule is CC(C=O)(CNc1ccc2oc(-c3ccncc3)nc2c1)Nc1cccc2ccccc12. The fourth-order valence-electron chi connectivity index (χ4n) is 3.70. The smallest absolute Gasteiger partial charge is 0.227 e. The summed E-state index contributed by atoms with van der Waals surface area (Å²) >= 11 is 0. The zero-order valence-corrected chi connectivity index (χ0v) is 17.6. The van der Waals surface area contributed by atoms with Crippen LogP contribution in [-0.2, 0) is 4.79 Å². The van der Waals surface area contributed by atoms with E-state index in [2.05, 4.69) is 38.8 Å². The molecule has 0 amide bonds. The van der Waals surface area contributed by atoms with Gasteiger partial charge in [-0.3, -0.25) is 4.98 Å². The van der Waals surface area contributed by atoms with Crippen molar-refractivity contribution in [3.8, 4) is 11.5 Å². The second kappa shape index (κ2) is 8.15.